The number of rotatable bonds is 7. The predicted octanol–water partition coefficient (Wildman–Crippen LogP) is 4.18. The van der Waals surface area contributed by atoms with Crippen LogP contribution in [0.15, 0.2) is 55.1 Å². The Hall–Kier alpha value is -4.47. The number of ether oxygens (including phenoxy) is 1. The summed E-state index contributed by atoms with van der Waals surface area (Å²) >= 11 is 0. The van der Waals surface area contributed by atoms with Crippen molar-refractivity contribution in [3.63, 3.8) is 0 Å². The number of para-hydroxylation sites is 1. The molecule has 1 amide bonds. The number of amides is 1. The van der Waals surface area contributed by atoms with Gasteiger partial charge >= 0.3 is 0 Å². The van der Waals surface area contributed by atoms with Gasteiger partial charge in [-0.2, -0.15) is 5.10 Å². The fourth-order valence-corrected chi connectivity index (χ4v) is 3.40. The molecule has 0 bridgehead atoms. The number of aromatic nitrogens is 4. The van der Waals surface area contributed by atoms with Gasteiger partial charge in [-0.3, -0.25) is 9.48 Å². The second kappa shape index (κ2) is 9.57. The Morgan fingerprint density at radius 2 is 1.91 bits per heavy atom. The molecule has 0 unspecified atom stereocenters. The number of hydrogen-bond donors (Lipinski definition) is 3. The van der Waals surface area contributed by atoms with E-state index in [9.17, 15) is 9.18 Å². The lowest BCUT2D eigenvalue weighted by Crippen LogP contribution is -2.19. The summed E-state index contributed by atoms with van der Waals surface area (Å²) in [5, 5.41) is 12.3. The van der Waals surface area contributed by atoms with E-state index >= 15 is 0 Å². The molecule has 9 nitrogen and oxygen atoms in total. The number of carbonyl (C=O) groups is 1. The summed E-state index contributed by atoms with van der Waals surface area (Å²) in [6.07, 6.45) is 5.86. The van der Waals surface area contributed by atoms with Crippen LogP contribution < -0.4 is 20.7 Å². The number of carbonyl (C=O) groups excluding carboxylic acids is 1. The van der Waals surface area contributed by atoms with Gasteiger partial charge in [0.05, 0.1) is 36.4 Å². The van der Waals surface area contributed by atoms with E-state index < -0.39 is 18.7 Å². The maximum absolute atomic E-state index is 13.6. The molecule has 0 aliphatic heterocycles. The van der Waals surface area contributed by atoms with Crippen molar-refractivity contribution in [3.05, 3.63) is 72.1 Å². The Balaban J connectivity index is 1.75. The van der Waals surface area contributed by atoms with E-state index in [0.717, 1.165) is 17.3 Å². The van der Waals surface area contributed by atoms with E-state index in [-0.39, 0.29) is 17.1 Å². The average molecular weight is 465 g/mol. The number of benzene rings is 1. The van der Waals surface area contributed by atoms with Crippen molar-refractivity contribution < 1.29 is 18.0 Å². The second-order valence-corrected chi connectivity index (χ2v) is 7.43. The van der Waals surface area contributed by atoms with Crippen LogP contribution in [0.4, 0.5) is 27.4 Å². The minimum Gasteiger partial charge on any atom is -0.494 e. The smallest absolute Gasteiger partial charge is 0.254 e. The lowest BCUT2D eigenvalue weighted by Gasteiger charge is -2.17. The highest BCUT2D eigenvalue weighted by molar-refractivity contribution is 6.00. The molecule has 0 aliphatic rings. The molecule has 0 fully saturated rings. The van der Waals surface area contributed by atoms with Crippen LogP contribution in [0, 0.1) is 12.7 Å². The SMILES string of the molecule is [2H]C([2H])([2H])NC(=O)c1cnc(Nc2cc(C)c(F)cn2)cc1Nc1cccc(-c2cnn(C)c2)c1OC. The van der Waals surface area contributed by atoms with Crippen molar-refractivity contribution in [2.24, 2.45) is 7.05 Å². The van der Waals surface area contributed by atoms with Crippen molar-refractivity contribution in [1.29, 1.82) is 0 Å². The summed E-state index contributed by atoms with van der Waals surface area (Å²) in [6, 6.07) is 8.46. The van der Waals surface area contributed by atoms with Gasteiger partial charge in [0.15, 0.2) is 0 Å². The van der Waals surface area contributed by atoms with Gasteiger partial charge in [-0.1, -0.05) is 12.1 Å². The summed E-state index contributed by atoms with van der Waals surface area (Å²) in [6.45, 7) is -1.09. The summed E-state index contributed by atoms with van der Waals surface area (Å²) in [7, 11) is 3.32. The normalized spacial score (nSPS) is 12.3. The Labute approximate surface area is 200 Å². The minimum absolute atomic E-state index is 0.0150. The molecule has 0 saturated heterocycles. The number of pyridine rings is 2. The first-order valence-corrected chi connectivity index (χ1v) is 10.2. The monoisotopic (exact) mass is 464 g/mol. The van der Waals surface area contributed by atoms with Crippen molar-refractivity contribution in [1.82, 2.24) is 25.1 Å². The van der Waals surface area contributed by atoms with Gasteiger partial charge in [0.1, 0.15) is 23.2 Å². The van der Waals surface area contributed by atoms with Crippen molar-refractivity contribution in [3.8, 4) is 16.9 Å². The first-order chi connectivity index (χ1) is 17.5. The van der Waals surface area contributed by atoms with E-state index in [1.807, 2.05) is 17.6 Å². The molecule has 174 valence electrons. The summed E-state index contributed by atoms with van der Waals surface area (Å²) in [5.74, 6) is -0.181. The lowest BCUT2D eigenvalue weighted by atomic mass is 10.1. The Kier molecular flexibility index (Phi) is 5.36. The van der Waals surface area contributed by atoms with Crippen LogP contribution in [0.1, 0.15) is 20.0 Å². The number of nitrogens with one attached hydrogen (secondary N) is 3. The van der Waals surface area contributed by atoms with Gasteiger partial charge in [0, 0.05) is 47.7 Å². The van der Waals surface area contributed by atoms with Crippen LogP contribution in [0.25, 0.3) is 11.1 Å². The maximum atomic E-state index is 13.6. The van der Waals surface area contributed by atoms with E-state index in [2.05, 4.69) is 25.7 Å². The fraction of sp³-hybridized carbons (Fsp3) is 0.167. The van der Waals surface area contributed by atoms with Crippen LogP contribution in [0.3, 0.4) is 0 Å². The van der Waals surface area contributed by atoms with Gasteiger partial charge in [-0.05, 0) is 24.6 Å². The zero-order valence-electron chi connectivity index (χ0n) is 21.7. The van der Waals surface area contributed by atoms with Gasteiger partial charge < -0.3 is 20.7 Å². The zero-order chi connectivity index (χ0) is 26.7. The molecule has 0 spiro atoms. The molecule has 0 radical (unpaired) electrons. The van der Waals surface area contributed by atoms with Gasteiger partial charge in [0.25, 0.3) is 5.91 Å². The molecule has 34 heavy (non-hydrogen) atoms. The molecular formula is C24H24FN7O2. The second-order valence-electron chi connectivity index (χ2n) is 7.43. The highest BCUT2D eigenvalue weighted by Gasteiger charge is 2.17. The summed E-state index contributed by atoms with van der Waals surface area (Å²) in [5.41, 5.74) is 2.71. The Bertz CT molecular complexity index is 1460. The van der Waals surface area contributed by atoms with Crippen molar-refractivity contribution in [2.75, 3.05) is 24.7 Å². The van der Waals surface area contributed by atoms with E-state index in [4.69, 9.17) is 8.85 Å². The largest absolute Gasteiger partial charge is 0.494 e. The van der Waals surface area contributed by atoms with E-state index in [0.29, 0.717) is 22.8 Å². The number of hydrogen-bond acceptors (Lipinski definition) is 7. The van der Waals surface area contributed by atoms with Gasteiger partial charge in [0.2, 0.25) is 0 Å². The predicted molar refractivity (Wildman–Crippen MR) is 128 cm³/mol. The van der Waals surface area contributed by atoms with Gasteiger partial charge in [-0.25, -0.2) is 14.4 Å². The number of nitrogens with zero attached hydrogens (tertiary/aromatic N) is 4. The van der Waals surface area contributed by atoms with Crippen LogP contribution in [0.2, 0.25) is 0 Å². The van der Waals surface area contributed by atoms with Crippen LogP contribution in [0.5, 0.6) is 5.75 Å². The number of methoxy groups -OCH3 is 1. The topological polar surface area (TPSA) is 106 Å². The third kappa shape index (κ3) is 4.65. The van der Waals surface area contributed by atoms with Crippen molar-refractivity contribution >= 4 is 28.9 Å². The number of aryl methyl sites for hydroxylation is 2. The molecule has 0 atom stereocenters. The Morgan fingerprint density at radius 3 is 2.62 bits per heavy atom. The highest BCUT2D eigenvalue weighted by atomic mass is 19.1. The summed E-state index contributed by atoms with van der Waals surface area (Å²) in [4.78, 5) is 21.0. The fourth-order valence-electron chi connectivity index (χ4n) is 3.40. The zero-order valence-corrected chi connectivity index (χ0v) is 18.7. The third-order valence-corrected chi connectivity index (χ3v) is 5.07. The lowest BCUT2D eigenvalue weighted by molar-refractivity contribution is 0.0963. The Morgan fingerprint density at radius 1 is 1.12 bits per heavy atom. The quantitative estimate of drug-likeness (QED) is 0.377. The molecule has 4 aromatic rings. The minimum atomic E-state index is -2.70. The average Bonchev–Trinajstić information content (AvgIpc) is 3.26. The van der Waals surface area contributed by atoms with E-state index in [1.54, 1.807) is 37.0 Å². The first-order valence-electron chi connectivity index (χ1n) is 11.7. The molecule has 4 rings (SSSR count). The molecular weight excluding hydrogens is 437 g/mol. The standard InChI is InChI=1S/C24H24FN7O2/c1-14-8-21(28-12-18(14)25)31-22-9-20(17(11-27-22)24(33)26-2)30-19-7-5-6-16(23(19)34-4)15-10-29-32(3)13-15/h5-13H,1-4H3,(H,26,33)(H2,27,28,30,31)/i2D3. The molecule has 10 heteroatoms. The van der Waals surface area contributed by atoms with Crippen molar-refractivity contribution in [2.45, 2.75) is 6.92 Å². The molecule has 0 saturated carbocycles. The van der Waals surface area contributed by atoms with E-state index in [1.165, 1.54) is 25.4 Å². The number of anilines is 4. The summed E-state index contributed by atoms with van der Waals surface area (Å²) < 4.78 is 43.2. The molecule has 3 heterocycles. The molecule has 1 aromatic carbocycles. The van der Waals surface area contributed by atoms with Crippen LogP contribution in [-0.2, 0) is 7.05 Å². The molecule has 0 aliphatic carbocycles. The van der Waals surface area contributed by atoms with Gasteiger partial charge in [-0.15, -0.1) is 0 Å². The molecule has 3 N–H and O–H groups in total. The third-order valence-electron chi connectivity index (χ3n) is 5.07. The van der Waals surface area contributed by atoms with Crippen LogP contribution >= 0.6 is 0 Å². The maximum Gasteiger partial charge on any atom is 0.254 e. The molecule has 3 aromatic heterocycles. The first kappa shape index (κ1) is 19.0. The highest BCUT2D eigenvalue weighted by Crippen LogP contribution is 2.38. The van der Waals surface area contributed by atoms with Crippen LogP contribution in [-0.4, -0.2) is 39.7 Å². The number of halogens is 1.